The van der Waals surface area contributed by atoms with Crippen LogP contribution in [0.2, 0.25) is 0 Å². The molecule has 0 aliphatic rings. The van der Waals surface area contributed by atoms with Gasteiger partial charge in [0.25, 0.3) is 5.03 Å². The van der Waals surface area contributed by atoms with E-state index >= 15 is 0 Å². The van der Waals surface area contributed by atoms with Crippen molar-refractivity contribution in [1.82, 2.24) is 5.27 Å². The van der Waals surface area contributed by atoms with Crippen molar-refractivity contribution in [3.8, 4) is 17.4 Å². The second-order valence-electron chi connectivity index (χ2n) is 5.95. The van der Waals surface area contributed by atoms with E-state index in [2.05, 4.69) is 10.6 Å². The Hall–Kier alpha value is -3.53. The summed E-state index contributed by atoms with van der Waals surface area (Å²) in [5.74, 6) is -1.60. The summed E-state index contributed by atoms with van der Waals surface area (Å²) in [6, 6.07) is 11.3. The van der Waals surface area contributed by atoms with Gasteiger partial charge in [0, 0.05) is 17.8 Å². The largest absolute Gasteiger partial charge is 0.538 e. The number of anilines is 1. The maximum atomic E-state index is 12.3. The number of nitrogens with zero attached hydrogens (tertiary/aromatic N) is 2. The molecule has 1 aromatic heterocycles. The fourth-order valence-electron chi connectivity index (χ4n) is 2.46. The van der Waals surface area contributed by atoms with E-state index < -0.39 is 17.8 Å². The van der Waals surface area contributed by atoms with Crippen LogP contribution in [0.4, 0.5) is 5.69 Å². The number of hydrogen-bond donors (Lipinski definition) is 2. The van der Waals surface area contributed by atoms with Gasteiger partial charge in [-0.1, -0.05) is 6.07 Å². The van der Waals surface area contributed by atoms with Gasteiger partial charge in [0.1, 0.15) is 5.75 Å². The van der Waals surface area contributed by atoms with Gasteiger partial charge in [-0.15, -0.1) is 0 Å². The highest BCUT2D eigenvalue weighted by Gasteiger charge is 2.22. The first kappa shape index (κ1) is 20.2. The topological polar surface area (TPSA) is 129 Å². The molecular weight excluding hydrogens is 398 g/mol. The Morgan fingerprint density at radius 3 is 2.66 bits per heavy atom. The van der Waals surface area contributed by atoms with Gasteiger partial charge >= 0.3 is 5.97 Å². The lowest BCUT2D eigenvalue weighted by atomic mass is 10.1. The first-order chi connectivity index (χ1) is 13.9. The maximum absolute atomic E-state index is 12.3. The first-order valence-corrected chi connectivity index (χ1v) is 9.37. The minimum Gasteiger partial charge on any atom is -0.538 e. The van der Waals surface area contributed by atoms with Crippen molar-refractivity contribution >= 4 is 29.3 Å². The predicted molar refractivity (Wildman–Crippen MR) is 102 cm³/mol. The third-order valence-corrected chi connectivity index (χ3v) is 5.01. The van der Waals surface area contributed by atoms with Crippen LogP contribution in [0.5, 0.6) is 11.7 Å². The molecule has 0 fully saturated rings. The van der Waals surface area contributed by atoms with Crippen LogP contribution >= 0.6 is 11.8 Å². The van der Waals surface area contributed by atoms with Gasteiger partial charge in [-0.3, -0.25) is 4.79 Å². The Bertz CT molecular complexity index is 1050. The molecule has 0 aliphatic carbocycles. The Morgan fingerprint density at radius 1 is 1.28 bits per heavy atom. The van der Waals surface area contributed by atoms with Crippen molar-refractivity contribution in [2.45, 2.75) is 11.9 Å². The average molecular weight is 415 g/mol. The maximum Gasteiger partial charge on any atom is 0.335 e. The number of thioether (sulfide) groups is 1. The molecule has 9 nitrogen and oxygen atoms in total. The number of carbonyl (C=O) groups excluding carboxylic acids is 1. The summed E-state index contributed by atoms with van der Waals surface area (Å²) in [4.78, 5) is 23.4. The molecular formula is C19H17N3O6S. The molecule has 0 saturated heterocycles. The number of hydrogen-bond acceptors (Lipinski definition) is 7. The minimum absolute atomic E-state index is 0.0665. The van der Waals surface area contributed by atoms with Crippen LogP contribution in [-0.4, -0.2) is 35.1 Å². The van der Waals surface area contributed by atoms with Crippen LogP contribution in [0.3, 0.4) is 0 Å². The molecule has 29 heavy (non-hydrogen) atoms. The molecule has 1 heterocycles. The zero-order chi connectivity index (χ0) is 21.0. The predicted octanol–water partition coefficient (Wildman–Crippen LogP) is 1.77. The van der Waals surface area contributed by atoms with Gasteiger partial charge in [-0.25, -0.2) is 4.79 Å². The van der Waals surface area contributed by atoms with Crippen LogP contribution in [0.1, 0.15) is 15.9 Å². The van der Waals surface area contributed by atoms with Crippen LogP contribution < -0.4 is 19.8 Å². The highest BCUT2D eigenvalue weighted by molar-refractivity contribution is 7.99. The van der Waals surface area contributed by atoms with E-state index in [0.29, 0.717) is 17.1 Å². The van der Waals surface area contributed by atoms with E-state index in [0.717, 1.165) is 17.3 Å². The van der Waals surface area contributed by atoms with Crippen LogP contribution in [0.15, 0.2) is 52.0 Å². The number of carboxylic acid groups (broad SMARTS) is 1. The number of benzene rings is 2. The third kappa shape index (κ3) is 4.66. The summed E-state index contributed by atoms with van der Waals surface area (Å²) in [7, 11) is 1.54. The second-order valence-corrected chi connectivity index (χ2v) is 6.91. The molecule has 0 bridgehead atoms. The van der Waals surface area contributed by atoms with Crippen LogP contribution in [-0.2, 0) is 4.79 Å². The molecule has 2 aromatic carbocycles. The second kappa shape index (κ2) is 8.65. The molecule has 0 spiro atoms. The molecule has 0 saturated carbocycles. The van der Waals surface area contributed by atoms with Gasteiger partial charge in [-0.2, -0.15) is 0 Å². The zero-order valence-corrected chi connectivity index (χ0v) is 16.4. The normalized spacial score (nSPS) is 10.6. The number of nitrogens with one attached hydrogen (secondary N) is 1. The third-order valence-electron chi connectivity index (χ3n) is 3.99. The van der Waals surface area contributed by atoms with Crippen molar-refractivity contribution in [1.29, 1.82) is 0 Å². The lowest BCUT2D eigenvalue weighted by Gasteiger charge is -2.08. The molecule has 150 valence electrons. The highest BCUT2D eigenvalue weighted by atomic mass is 32.2. The summed E-state index contributed by atoms with van der Waals surface area (Å²) in [5.41, 5.74) is 1.75. The number of aryl methyl sites for hydroxylation is 1. The molecule has 0 atom stereocenters. The van der Waals surface area contributed by atoms with Gasteiger partial charge in [-0.05, 0) is 53.2 Å². The summed E-state index contributed by atoms with van der Waals surface area (Å²) >= 11 is 0.963. The number of rotatable bonds is 7. The zero-order valence-electron chi connectivity index (χ0n) is 15.5. The molecule has 3 rings (SSSR count). The van der Waals surface area contributed by atoms with E-state index in [1.165, 1.54) is 16.8 Å². The molecule has 0 aliphatic heterocycles. The van der Waals surface area contributed by atoms with Crippen molar-refractivity contribution in [3.63, 3.8) is 0 Å². The monoisotopic (exact) mass is 415 g/mol. The van der Waals surface area contributed by atoms with Gasteiger partial charge in [0.15, 0.2) is 5.95 Å². The Kier molecular flexibility index (Phi) is 6.03. The summed E-state index contributed by atoms with van der Waals surface area (Å²) in [5, 5.41) is 27.6. The average Bonchev–Trinajstić information content (AvgIpc) is 3.08. The van der Waals surface area contributed by atoms with Crippen molar-refractivity contribution in [2.24, 2.45) is 0 Å². The van der Waals surface area contributed by atoms with E-state index in [1.807, 2.05) is 0 Å². The van der Waals surface area contributed by atoms with E-state index in [4.69, 9.17) is 14.4 Å². The first-order valence-electron chi connectivity index (χ1n) is 8.39. The Morgan fingerprint density at radius 2 is 2.00 bits per heavy atom. The van der Waals surface area contributed by atoms with Crippen molar-refractivity contribution < 1.29 is 33.7 Å². The number of ether oxygens (including phenoxy) is 1. The van der Waals surface area contributed by atoms with Crippen molar-refractivity contribution in [2.75, 3.05) is 18.2 Å². The number of amides is 1. The molecule has 0 radical (unpaired) electrons. The number of aromatic nitrogens is 2. The van der Waals surface area contributed by atoms with E-state index in [1.54, 1.807) is 44.4 Å². The molecule has 10 heteroatoms. The summed E-state index contributed by atoms with van der Waals surface area (Å²) in [6.45, 7) is 1.75. The van der Waals surface area contributed by atoms with Gasteiger partial charge in [0.05, 0.1) is 23.7 Å². The molecule has 3 aromatic rings. The van der Waals surface area contributed by atoms with Crippen LogP contribution in [0, 0.1) is 6.92 Å². The van der Waals surface area contributed by atoms with Crippen LogP contribution in [0.25, 0.3) is 5.69 Å². The Balaban J connectivity index is 1.72. The summed E-state index contributed by atoms with van der Waals surface area (Å²) in [6.07, 6.45) is 0. The highest BCUT2D eigenvalue weighted by Crippen LogP contribution is 2.24. The SMILES string of the molecule is COc1ccc(-[n+]2noc([O-])c2SCC(=O)Nc2cc(C(=O)O)ccc2C)cc1. The fraction of sp³-hybridized carbons (Fsp3) is 0.158. The smallest absolute Gasteiger partial charge is 0.335 e. The number of carbonyl (C=O) groups is 2. The fourth-order valence-corrected chi connectivity index (χ4v) is 3.21. The quantitative estimate of drug-likeness (QED) is 0.441. The lowest BCUT2D eigenvalue weighted by molar-refractivity contribution is -0.705. The molecule has 1 amide bonds. The van der Waals surface area contributed by atoms with Gasteiger partial charge in [0.2, 0.25) is 11.6 Å². The Labute approximate surface area is 169 Å². The molecule has 0 unspecified atom stereocenters. The molecule has 2 N–H and O–H groups in total. The van der Waals surface area contributed by atoms with E-state index in [9.17, 15) is 14.7 Å². The summed E-state index contributed by atoms with van der Waals surface area (Å²) < 4.78 is 11.1. The number of methoxy groups -OCH3 is 1. The van der Waals surface area contributed by atoms with Gasteiger partial charge < -0.3 is 24.8 Å². The van der Waals surface area contributed by atoms with E-state index in [-0.39, 0.29) is 16.3 Å². The standard InChI is InChI=1S/C19H17N3O6S/c1-11-3-4-12(18(24)25)9-15(11)20-16(23)10-29-17-19(26)28-21-22(17)13-5-7-14(27-2)8-6-13/h3-9H,10H2,1-2H3,(H2-,20,21,23,24,25,26). The minimum atomic E-state index is -1.09. The number of carboxylic acids is 1. The lowest BCUT2D eigenvalue weighted by Crippen LogP contribution is -2.35. The van der Waals surface area contributed by atoms with Crippen molar-refractivity contribution in [3.05, 3.63) is 53.6 Å². The number of aromatic carboxylic acids is 1.